The molecule has 10 heteroatoms. The first-order chi connectivity index (χ1) is 14.4. The number of ether oxygens (including phenoxy) is 2. The minimum Gasteiger partial charge on any atom is -0.484 e. The van der Waals surface area contributed by atoms with E-state index in [0.29, 0.717) is 24.7 Å². The number of benzene rings is 1. The molecule has 3 unspecified atom stereocenters. The second-order valence-electron chi connectivity index (χ2n) is 8.07. The Labute approximate surface area is 178 Å². The van der Waals surface area contributed by atoms with Gasteiger partial charge in [-0.15, -0.1) is 0 Å². The zero-order valence-electron chi connectivity index (χ0n) is 16.5. The number of carbonyl (C=O) groups is 2. The van der Waals surface area contributed by atoms with Crippen LogP contribution < -0.4 is 20.9 Å². The van der Waals surface area contributed by atoms with Crippen molar-refractivity contribution < 1.29 is 28.3 Å². The summed E-state index contributed by atoms with van der Waals surface area (Å²) >= 11 is 5.64. The monoisotopic (exact) mass is 441 g/mol. The van der Waals surface area contributed by atoms with Gasteiger partial charge in [0.2, 0.25) is 0 Å². The van der Waals surface area contributed by atoms with E-state index < -0.39 is 11.9 Å². The maximum atomic E-state index is 13.5. The van der Waals surface area contributed by atoms with Gasteiger partial charge in [-0.3, -0.25) is 14.4 Å². The lowest BCUT2D eigenvalue weighted by Crippen LogP contribution is -2.61. The summed E-state index contributed by atoms with van der Waals surface area (Å²) in [5.41, 5.74) is 2.68. The molecule has 4 atom stereocenters. The topological polar surface area (TPSA) is 97.9 Å². The number of hydrogen-bond donors (Lipinski definition) is 3. The molecular formula is C20H25ClFN3O5. The van der Waals surface area contributed by atoms with E-state index in [4.69, 9.17) is 25.9 Å². The van der Waals surface area contributed by atoms with Crippen molar-refractivity contribution in [1.82, 2.24) is 16.1 Å². The van der Waals surface area contributed by atoms with Crippen molar-refractivity contribution in [3.05, 3.63) is 29.0 Å². The summed E-state index contributed by atoms with van der Waals surface area (Å²) in [4.78, 5) is 30.1. The van der Waals surface area contributed by atoms with E-state index in [2.05, 4.69) is 16.1 Å². The van der Waals surface area contributed by atoms with Gasteiger partial charge in [0.05, 0.1) is 5.02 Å². The average molecular weight is 442 g/mol. The van der Waals surface area contributed by atoms with Crippen LogP contribution in [-0.2, 0) is 19.2 Å². The van der Waals surface area contributed by atoms with E-state index in [1.54, 1.807) is 7.11 Å². The van der Waals surface area contributed by atoms with Crippen molar-refractivity contribution in [3.8, 4) is 5.75 Å². The first-order valence-electron chi connectivity index (χ1n) is 10.0. The normalized spacial score (nSPS) is 32.2. The second-order valence-corrected chi connectivity index (χ2v) is 8.47. The van der Waals surface area contributed by atoms with Gasteiger partial charge in [0.15, 0.2) is 12.7 Å². The Bertz CT molecular complexity index is 807. The molecule has 3 N–H and O–H groups in total. The molecule has 164 valence electrons. The Hall–Kier alpha value is -1.94. The lowest BCUT2D eigenvalue weighted by molar-refractivity contribution is -0.136. The third kappa shape index (κ3) is 4.69. The summed E-state index contributed by atoms with van der Waals surface area (Å²) in [6.07, 6.45) is 2.16. The zero-order valence-corrected chi connectivity index (χ0v) is 17.3. The Morgan fingerprint density at radius 2 is 1.93 bits per heavy atom. The predicted octanol–water partition coefficient (Wildman–Crippen LogP) is 1.52. The van der Waals surface area contributed by atoms with Gasteiger partial charge >= 0.3 is 0 Å². The quantitative estimate of drug-likeness (QED) is 0.593. The van der Waals surface area contributed by atoms with E-state index >= 15 is 0 Å². The van der Waals surface area contributed by atoms with Crippen LogP contribution in [0.3, 0.4) is 0 Å². The van der Waals surface area contributed by atoms with Crippen molar-refractivity contribution in [2.45, 2.75) is 50.1 Å². The van der Waals surface area contributed by atoms with E-state index in [1.165, 1.54) is 12.1 Å². The van der Waals surface area contributed by atoms with E-state index in [-0.39, 0.29) is 47.5 Å². The number of halogens is 2. The predicted molar refractivity (Wildman–Crippen MR) is 105 cm³/mol. The van der Waals surface area contributed by atoms with Crippen molar-refractivity contribution in [3.63, 3.8) is 0 Å². The Morgan fingerprint density at radius 1 is 1.20 bits per heavy atom. The molecule has 4 fully saturated rings. The molecule has 5 rings (SSSR count). The van der Waals surface area contributed by atoms with Crippen LogP contribution in [0.2, 0.25) is 5.02 Å². The molecule has 30 heavy (non-hydrogen) atoms. The van der Waals surface area contributed by atoms with Gasteiger partial charge in [-0.25, -0.2) is 4.39 Å². The summed E-state index contributed by atoms with van der Waals surface area (Å²) in [7, 11) is 1.55. The standard InChI is InChI=1S/C20H25ClFN3O5/c1-28-19-8-17(30-25-19)20(27)24-16-7-15(10-4-11(16)5-10)23-18(26)9-29-12-2-3-13(21)14(22)6-12/h2-3,6,10-11,15-17,19,25H,4-5,7-9H2,1H3,(H,23,26)(H,24,27)/t10?,11?,15?,16-,17?,19?/m1/s1. The molecular weight excluding hydrogens is 417 g/mol. The molecule has 0 aromatic heterocycles. The molecule has 1 saturated heterocycles. The van der Waals surface area contributed by atoms with Crippen LogP contribution in [0.25, 0.3) is 0 Å². The van der Waals surface area contributed by atoms with Crippen molar-refractivity contribution >= 4 is 23.4 Å². The molecule has 1 aliphatic heterocycles. The highest BCUT2D eigenvalue weighted by Gasteiger charge is 2.47. The first kappa shape index (κ1) is 21.3. The van der Waals surface area contributed by atoms with Crippen LogP contribution in [0.1, 0.15) is 25.7 Å². The number of nitrogens with one attached hydrogen (secondary N) is 3. The smallest absolute Gasteiger partial charge is 0.258 e. The molecule has 2 bridgehead atoms. The minimum absolute atomic E-state index is 0.00170. The van der Waals surface area contributed by atoms with Crippen LogP contribution in [0, 0.1) is 17.7 Å². The Morgan fingerprint density at radius 3 is 2.60 bits per heavy atom. The molecule has 1 aromatic rings. The van der Waals surface area contributed by atoms with Crippen LogP contribution in [0.15, 0.2) is 18.2 Å². The average Bonchev–Trinajstić information content (AvgIpc) is 3.17. The van der Waals surface area contributed by atoms with Gasteiger partial charge in [-0.05, 0) is 43.2 Å². The summed E-state index contributed by atoms with van der Waals surface area (Å²) in [5.74, 6) is 0.0197. The highest BCUT2D eigenvalue weighted by atomic mass is 35.5. The molecule has 3 saturated carbocycles. The lowest BCUT2D eigenvalue weighted by Gasteiger charge is -2.51. The van der Waals surface area contributed by atoms with Crippen molar-refractivity contribution in [2.24, 2.45) is 11.8 Å². The summed E-state index contributed by atoms with van der Waals surface area (Å²) < 4.78 is 24.0. The minimum atomic E-state index is -0.598. The summed E-state index contributed by atoms with van der Waals surface area (Å²) in [5, 5.41) is 6.06. The van der Waals surface area contributed by atoms with Crippen LogP contribution in [-0.4, -0.2) is 49.9 Å². The molecule has 0 radical (unpaired) electrons. The number of hydroxylamine groups is 1. The molecule has 8 nitrogen and oxygen atoms in total. The van der Waals surface area contributed by atoms with Crippen molar-refractivity contribution in [2.75, 3.05) is 13.7 Å². The Balaban J connectivity index is 1.25. The molecule has 1 aromatic carbocycles. The third-order valence-electron chi connectivity index (χ3n) is 6.14. The van der Waals surface area contributed by atoms with Gasteiger partial charge in [-0.1, -0.05) is 11.6 Å². The van der Waals surface area contributed by atoms with Gasteiger partial charge in [-0.2, -0.15) is 5.48 Å². The fourth-order valence-electron chi connectivity index (χ4n) is 4.37. The largest absolute Gasteiger partial charge is 0.484 e. The van der Waals surface area contributed by atoms with Gasteiger partial charge in [0.25, 0.3) is 11.8 Å². The lowest BCUT2D eigenvalue weighted by atomic mass is 9.60. The molecule has 2 amide bonds. The maximum absolute atomic E-state index is 13.5. The number of fused-ring (bicyclic) bond motifs is 2. The fourth-order valence-corrected chi connectivity index (χ4v) is 4.49. The summed E-state index contributed by atoms with van der Waals surface area (Å²) in [6.45, 7) is -0.218. The third-order valence-corrected chi connectivity index (χ3v) is 6.45. The van der Waals surface area contributed by atoms with E-state index in [9.17, 15) is 14.0 Å². The number of carbonyl (C=O) groups excluding carboxylic acids is 2. The van der Waals surface area contributed by atoms with Gasteiger partial charge in [0, 0.05) is 31.7 Å². The van der Waals surface area contributed by atoms with E-state index in [1.807, 2.05) is 0 Å². The number of methoxy groups -OCH3 is 1. The number of amides is 2. The zero-order chi connectivity index (χ0) is 21.3. The second kappa shape index (κ2) is 9.05. The highest BCUT2D eigenvalue weighted by molar-refractivity contribution is 6.30. The highest BCUT2D eigenvalue weighted by Crippen LogP contribution is 2.45. The van der Waals surface area contributed by atoms with Gasteiger partial charge in [0.1, 0.15) is 17.8 Å². The van der Waals surface area contributed by atoms with E-state index in [0.717, 1.165) is 18.9 Å². The molecule has 1 heterocycles. The van der Waals surface area contributed by atoms with Crippen LogP contribution >= 0.6 is 11.6 Å². The fraction of sp³-hybridized carbons (Fsp3) is 0.600. The Kier molecular flexibility index (Phi) is 6.43. The van der Waals surface area contributed by atoms with Crippen LogP contribution in [0.5, 0.6) is 5.75 Å². The SMILES string of the molecule is COC1CC(C(=O)N[C@@H]2CC(NC(=O)COc3ccc(Cl)c(F)c3)C3CC2C3)ON1. The molecule has 0 spiro atoms. The first-order valence-corrected chi connectivity index (χ1v) is 10.4. The van der Waals surface area contributed by atoms with Crippen molar-refractivity contribution in [1.29, 1.82) is 0 Å². The molecule has 4 aliphatic rings. The maximum Gasteiger partial charge on any atom is 0.258 e. The number of hydrogen-bond acceptors (Lipinski definition) is 6. The molecule has 3 aliphatic carbocycles. The summed E-state index contributed by atoms with van der Waals surface area (Å²) in [6, 6.07) is 3.99. The van der Waals surface area contributed by atoms with Crippen LogP contribution in [0.4, 0.5) is 4.39 Å². The number of rotatable bonds is 7. The van der Waals surface area contributed by atoms with Gasteiger partial charge < -0.3 is 20.1 Å².